The number of alkyl halides is 3. The molecule has 0 saturated heterocycles. The first-order valence-electron chi connectivity index (χ1n) is 9.31. The molecule has 0 fully saturated rings. The summed E-state index contributed by atoms with van der Waals surface area (Å²) in [7, 11) is 1.76. The summed E-state index contributed by atoms with van der Waals surface area (Å²) in [6.45, 7) is 4.19. The van der Waals surface area contributed by atoms with Gasteiger partial charge in [0.2, 0.25) is 5.91 Å². The largest absolute Gasteiger partial charge is 0.486 e. The van der Waals surface area contributed by atoms with Crippen molar-refractivity contribution in [2.75, 3.05) is 11.1 Å². The Morgan fingerprint density at radius 2 is 1.84 bits per heavy atom. The number of aryl methyl sites for hydroxylation is 2. The number of nitrogens with one attached hydrogen (secondary N) is 1. The maximum Gasteiger partial charge on any atom is 0.416 e. The van der Waals surface area contributed by atoms with Crippen molar-refractivity contribution in [3.05, 3.63) is 65.0 Å². The van der Waals surface area contributed by atoms with Crippen LogP contribution in [0.25, 0.3) is 0 Å². The average molecular weight is 450 g/mol. The molecular weight excluding hydrogens is 429 g/mol. The standard InChI is InChI=1S/C21H21F3N4O2S/c1-13-7-14(2)9-17(8-13)30-11-18-26-27-20(28(18)3)31-12-19(29)25-16-6-4-5-15(10-16)21(22,23)24/h4-10H,11-12H2,1-3H3,(H,25,29). The predicted molar refractivity (Wildman–Crippen MR) is 112 cm³/mol. The molecule has 10 heteroatoms. The van der Waals surface area contributed by atoms with Crippen molar-refractivity contribution in [3.63, 3.8) is 0 Å². The first kappa shape index (κ1) is 22.7. The van der Waals surface area contributed by atoms with Gasteiger partial charge in [-0.2, -0.15) is 13.2 Å². The maximum atomic E-state index is 12.8. The van der Waals surface area contributed by atoms with Gasteiger partial charge in [-0.1, -0.05) is 23.9 Å². The van der Waals surface area contributed by atoms with Gasteiger partial charge in [-0.15, -0.1) is 10.2 Å². The molecule has 1 heterocycles. The van der Waals surface area contributed by atoms with E-state index in [0.717, 1.165) is 40.8 Å². The minimum Gasteiger partial charge on any atom is -0.486 e. The highest BCUT2D eigenvalue weighted by Gasteiger charge is 2.30. The molecule has 1 amide bonds. The van der Waals surface area contributed by atoms with Gasteiger partial charge in [-0.05, 0) is 55.3 Å². The summed E-state index contributed by atoms with van der Waals surface area (Å²) in [4.78, 5) is 12.1. The second kappa shape index (κ2) is 9.42. The van der Waals surface area contributed by atoms with Gasteiger partial charge in [0.25, 0.3) is 0 Å². The normalized spacial score (nSPS) is 11.4. The van der Waals surface area contributed by atoms with Crippen LogP contribution >= 0.6 is 11.8 Å². The highest BCUT2D eigenvalue weighted by atomic mass is 32.2. The fourth-order valence-electron chi connectivity index (χ4n) is 2.86. The zero-order valence-electron chi connectivity index (χ0n) is 17.2. The Bertz CT molecular complexity index is 1060. The molecule has 0 spiro atoms. The van der Waals surface area contributed by atoms with Crippen molar-refractivity contribution >= 4 is 23.4 Å². The van der Waals surface area contributed by atoms with Crippen LogP contribution in [0.2, 0.25) is 0 Å². The Balaban J connectivity index is 1.55. The van der Waals surface area contributed by atoms with Gasteiger partial charge in [0.15, 0.2) is 11.0 Å². The number of halogens is 3. The van der Waals surface area contributed by atoms with Crippen molar-refractivity contribution in [2.24, 2.45) is 7.05 Å². The van der Waals surface area contributed by atoms with Gasteiger partial charge in [0.05, 0.1) is 11.3 Å². The molecule has 0 atom stereocenters. The number of nitrogens with zero attached hydrogens (tertiary/aromatic N) is 3. The van der Waals surface area contributed by atoms with E-state index < -0.39 is 17.6 Å². The molecular formula is C21H21F3N4O2S. The summed E-state index contributed by atoms with van der Waals surface area (Å²) >= 11 is 1.13. The van der Waals surface area contributed by atoms with E-state index in [1.54, 1.807) is 11.6 Å². The van der Waals surface area contributed by atoms with Gasteiger partial charge < -0.3 is 14.6 Å². The summed E-state index contributed by atoms with van der Waals surface area (Å²) in [6, 6.07) is 10.4. The summed E-state index contributed by atoms with van der Waals surface area (Å²) < 4.78 is 45.9. The molecule has 0 unspecified atom stereocenters. The lowest BCUT2D eigenvalue weighted by Gasteiger charge is -2.10. The molecule has 31 heavy (non-hydrogen) atoms. The highest BCUT2D eigenvalue weighted by Crippen LogP contribution is 2.30. The van der Waals surface area contributed by atoms with Crippen molar-refractivity contribution in [1.29, 1.82) is 0 Å². The van der Waals surface area contributed by atoms with E-state index in [1.807, 2.05) is 32.0 Å². The summed E-state index contributed by atoms with van der Waals surface area (Å²) in [6.07, 6.45) is -4.47. The Morgan fingerprint density at radius 1 is 1.13 bits per heavy atom. The van der Waals surface area contributed by atoms with Gasteiger partial charge in [-0.3, -0.25) is 4.79 Å². The Labute approximate surface area is 181 Å². The minimum absolute atomic E-state index is 0.0276. The Kier molecular flexibility index (Phi) is 6.89. The van der Waals surface area contributed by atoms with Crippen LogP contribution in [0.4, 0.5) is 18.9 Å². The molecule has 164 valence electrons. The molecule has 0 bridgehead atoms. The van der Waals surface area contributed by atoms with Crippen molar-refractivity contribution in [1.82, 2.24) is 14.8 Å². The van der Waals surface area contributed by atoms with Gasteiger partial charge in [0.1, 0.15) is 12.4 Å². The molecule has 0 aliphatic heterocycles. The molecule has 6 nitrogen and oxygen atoms in total. The van der Waals surface area contributed by atoms with E-state index in [0.29, 0.717) is 11.0 Å². The summed E-state index contributed by atoms with van der Waals surface area (Å²) in [5, 5.41) is 11.1. The van der Waals surface area contributed by atoms with Crippen molar-refractivity contribution < 1.29 is 22.7 Å². The zero-order valence-corrected chi connectivity index (χ0v) is 18.0. The number of benzene rings is 2. The SMILES string of the molecule is Cc1cc(C)cc(OCc2nnc(SCC(=O)Nc3cccc(C(F)(F)F)c3)n2C)c1. The summed E-state index contributed by atoms with van der Waals surface area (Å²) in [5.41, 5.74) is 1.45. The van der Waals surface area contributed by atoms with Crippen LogP contribution in [0.5, 0.6) is 5.75 Å². The second-order valence-electron chi connectivity index (χ2n) is 6.99. The van der Waals surface area contributed by atoms with Crippen LogP contribution in [0.3, 0.4) is 0 Å². The lowest BCUT2D eigenvalue weighted by Crippen LogP contribution is -2.15. The zero-order chi connectivity index (χ0) is 22.6. The molecule has 1 aromatic heterocycles. The first-order valence-corrected chi connectivity index (χ1v) is 10.3. The lowest BCUT2D eigenvalue weighted by molar-refractivity contribution is -0.137. The number of hydrogen-bond donors (Lipinski definition) is 1. The number of ether oxygens (including phenoxy) is 1. The molecule has 3 aromatic rings. The monoisotopic (exact) mass is 450 g/mol. The van der Waals surface area contributed by atoms with Crippen LogP contribution in [0.1, 0.15) is 22.5 Å². The highest BCUT2D eigenvalue weighted by molar-refractivity contribution is 7.99. The number of thioether (sulfide) groups is 1. The van der Waals surface area contributed by atoms with Gasteiger partial charge >= 0.3 is 6.18 Å². The molecule has 1 N–H and O–H groups in total. The van der Waals surface area contributed by atoms with Crippen LogP contribution in [-0.2, 0) is 24.6 Å². The first-order chi connectivity index (χ1) is 14.6. The van der Waals surface area contributed by atoms with Crippen LogP contribution in [0, 0.1) is 13.8 Å². The minimum atomic E-state index is -4.47. The van der Waals surface area contributed by atoms with E-state index in [1.165, 1.54) is 12.1 Å². The van der Waals surface area contributed by atoms with E-state index in [9.17, 15) is 18.0 Å². The number of rotatable bonds is 7. The third-order valence-electron chi connectivity index (χ3n) is 4.29. The molecule has 0 aliphatic carbocycles. The third kappa shape index (κ3) is 6.24. The number of carbonyl (C=O) groups excluding carboxylic acids is 1. The number of anilines is 1. The van der Waals surface area contributed by atoms with E-state index in [4.69, 9.17) is 4.74 Å². The Morgan fingerprint density at radius 3 is 2.52 bits per heavy atom. The van der Waals surface area contributed by atoms with Crippen LogP contribution in [-0.4, -0.2) is 26.4 Å². The fourth-order valence-corrected chi connectivity index (χ4v) is 3.59. The number of hydrogen-bond acceptors (Lipinski definition) is 5. The maximum absolute atomic E-state index is 12.8. The second-order valence-corrected chi connectivity index (χ2v) is 7.93. The number of aromatic nitrogens is 3. The van der Waals surface area contributed by atoms with Crippen LogP contribution < -0.4 is 10.1 Å². The van der Waals surface area contributed by atoms with E-state index in [-0.39, 0.29) is 18.0 Å². The molecule has 0 saturated carbocycles. The summed E-state index contributed by atoms with van der Waals surface area (Å²) in [5.74, 6) is 0.843. The molecule has 3 rings (SSSR count). The smallest absolute Gasteiger partial charge is 0.416 e. The lowest BCUT2D eigenvalue weighted by atomic mass is 10.1. The predicted octanol–water partition coefficient (Wildman–Crippen LogP) is 4.76. The molecule has 2 aromatic carbocycles. The fraction of sp³-hybridized carbons (Fsp3) is 0.286. The quantitative estimate of drug-likeness (QED) is 0.526. The van der Waals surface area contributed by atoms with E-state index >= 15 is 0 Å². The van der Waals surface area contributed by atoms with Gasteiger partial charge in [-0.25, -0.2) is 0 Å². The molecule has 0 radical (unpaired) electrons. The average Bonchev–Trinajstić information content (AvgIpc) is 3.03. The Hall–Kier alpha value is -3.01. The molecule has 0 aliphatic rings. The van der Waals surface area contributed by atoms with Crippen molar-refractivity contribution in [3.8, 4) is 5.75 Å². The third-order valence-corrected chi connectivity index (χ3v) is 5.31. The topological polar surface area (TPSA) is 69.0 Å². The number of amides is 1. The van der Waals surface area contributed by atoms with E-state index in [2.05, 4.69) is 15.5 Å². The van der Waals surface area contributed by atoms with Crippen molar-refractivity contribution in [2.45, 2.75) is 31.8 Å². The van der Waals surface area contributed by atoms with Crippen LogP contribution in [0.15, 0.2) is 47.6 Å². The number of carbonyl (C=O) groups is 1. The van der Waals surface area contributed by atoms with Gasteiger partial charge in [0, 0.05) is 12.7 Å².